The molecule has 0 unspecified atom stereocenters. The van der Waals surface area contributed by atoms with Crippen molar-refractivity contribution in [3.05, 3.63) is 83.9 Å². The van der Waals surface area contributed by atoms with Gasteiger partial charge in [-0.05, 0) is 56.0 Å². The summed E-state index contributed by atoms with van der Waals surface area (Å²) >= 11 is 0. The molecule has 292 valence electrons. The molecule has 3 fully saturated rings. The van der Waals surface area contributed by atoms with Crippen LogP contribution in [0.2, 0.25) is 0 Å². The molecule has 4 N–H and O–H groups in total. The van der Waals surface area contributed by atoms with E-state index in [9.17, 15) is 44.4 Å². The Morgan fingerprint density at radius 3 is 1.63 bits per heavy atom. The first-order chi connectivity index (χ1) is 25.2. The number of aliphatic hydroxyl groups excluding tert-OH is 1. The van der Waals surface area contributed by atoms with Crippen LogP contribution in [0.5, 0.6) is 0 Å². The van der Waals surface area contributed by atoms with Gasteiger partial charge in [0.2, 0.25) is 0 Å². The smallest absolute Gasteiger partial charge is 0.339 e. The van der Waals surface area contributed by atoms with Crippen LogP contribution in [-0.4, -0.2) is 103 Å². The fourth-order valence-electron chi connectivity index (χ4n) is 9.32. The quantitative estimate of drug-likeness (QED) is 0.174. The van der Waals surface area contributed by atoms with Crippen molar-refractivity contribution in [1.29, 1.82) is 0 Å². The zero-order chi connectivity index (χ0) is 40.1. The topological polar surface area (TPSA) is 212 Å². The first-order valence-corrected chi connectivity index (χ1v) is 17.7. The van der Waals surface area contributed by atoms with Crippen molar-refractivity contribution >= 4 is 29.8 Å². The molecule has 14 heteroatoms. The molecule has 5 rings (SSSR count). The van der Waals surface area contributed by atoms with Crippen LogP contribution in [0.1, 0.15) is 75.6 Å². The largest absolute Gasteiger partial charge is 0.459 e. The molecule has 3 aliphatic carbocycles. The van der Waals surface area contributed by atoms with Crippen molar-refractivity contribution in [3.63, 3.8) is 0 Å². The molecule has 0 bridgehead atoms. The third-order valence-electron chi connectivity index (χ3n) is 11.5. The standard InChI is InChI=1S/C40H48O14/c1-20(2)40(54-35(46)27-17-13-10-14-18-27)30(44)22(4)38(48)28-19-21(3)31(50-23(5)41)39(28,49)36(53-34(45)26-15-11-9-12-16-26)37(8,47)32(51-24(6)42)29(38)33(40)52-25(7)43/h9-18,21-22,28-33,36,44,47-49H,1,19H2,2-8H3/t21-,22+,28-,29-,30-,31-,32-,33+,36+,37+,38-,39+,40-/m0/s1. The summed E-state index contributed by atoms with van der Waals surface area (Å²) in [5.41, 5.74) is -10.3. The molecule has 0 spiro atoms. The number of aliphatic hydroxyl groups is 4. The maximum absolute atomic E-state index is 13.9. The van der Waals surface area contributed by atoms with Gasteiger partial charge in [-0.3, -0.25) is 14.4 Å². The van der Waals surface area contributed by atoms with Gasteiger partial charge in [0.05, 0.1) is 22.6 Å². The van der Waals surface area contributed by atoms with Gasteiger partial charge in [0.1, 0.15) is 29.5 Å². The van der Waals surface area contributed by atoms with E-state index in [1.807, 2.05) is 0 Å². The van der Waals surface area contributed by atoms with Crippen molar-refractivity contribution in [2.24, 2.45) is 23.7 Å². The summed E-state index contributed by atoms with van der Waals surface area (Å²) in [5, 5.41) is 52.1. The van der Waals surface area contributed by atoms with Gasteiger partial charge in [0.15, 0.2) is 17.8 Å². The van der Waals surface area contributed by atoms with E-state index in [0.29, 0.717) is 0 Å². The second-order valence-electron chi connectivity index (χ2n) is 15.1. The van der Waals surface area contributed by atoms with Gasteiger partial charge < -0.3 is 44.1 Å². The van der Waals surface area contributed by atoms with Gasteiger partial charge >= 0.3 is 29.8 Å². The normalized spacial score (nSPS) is 38.4. The summed E-state index contributed by atoms with van der Waals surface area (Å²) in [6.07, 6.45) is -9.86. The lowest BCUT2D eigenvalue weighted by molar-refractivity contribution is -0.300. The average Bonchev–Trinajstić information content (AvgIpc) is 3.34. The molecule has 0 heterocycles. The van der Waals surface area contributed by atoms with E-state index in [1.54, 1.807) is 43.3 Å². The van der Waals surface area contributed by atoms with Crippen LogP contribution >= 0.6 is 0 Å². The summed E-state index contributed by atoms with van der Waals surface area (Å²) in [4.78, 5) is 66.5. The van der Waals surface area contributed by atoms with Gasteiger partial charge in [-0.2, -0.15) is 0 Å². The highest BCUT2D eigenvalue weighted by Crippen LogP contribution is 2.64. The Kier molecular flexibility index (Phi) is 10.9. The Bertz CT molecular complexity index is 1790. The van der Waals surface area contributed by atoms with Crippen LogP contribution in [-0.2, 0) is 38.1 Å². The zero-order valence-corrected chi connectivity index (χ0v) is 31.3. The number of hydrogen-bond donors (Lipinski definition) is 4. The lowest BCUT2D eigenvalue weighted by atomic mass is 9.52. The Morgan fingerprint density at radius 2 is 1.15 bits per heavy atom. The molecule has 0 amide bonds. The van der Waals surface area contributed by atoms with E-state index in [1.165, 1.54) is 38.1 Å². The molecule has 13 atom stereocenters. The molecule has 3 aliphatic rings. The fourth-order valence-corrected chi connectivity index (χ4v) is 9.32. The highest BCUT2D eigenvalue weighted by Gasteiger charge is 2.82. The summed E-state index contributed by atoms with van der Waals surface area (Å²) in [7, 11) is 0. The minimum Gasteiger partial charge on any atom is -0.459 e. The van der Waals surface area contributed by atoms with Crippen molar-refractivity contribution < 1.29 is 68.1 Å². The van der Waals surface area contributed by atoms with Gasteiger partial charge in [0, 0.05) is 32.6 Å². The predicted octanol–water partition coefficient (Wildman–Crippen LogP) is 2.69. The first kappa shape index (κ1) is 40.6. The van der Waals surface area contributed by atoms with Crippen molar-refractivity contribution in [2.45, 2.75) is 108 Å². The maximum atomic E-state index is 13.9. The minimum absolute atomic E-state index is 0.00338. The second-order valence-corrected chi connectivity index (χ2v) is 15.1. The first-order valence-electron chi connectivity index (χ1n) is 17.7. The van der Waals surface area contributed by atoms with Gasteiger partial charge in [-0.15, -0.1) is 0 Å². The lowest BCUT2D eigenvalue weighted by Crippen LogP contribution is -2.77. The highest BCUT2D eigenvalue weighted by atomic mass is 16.6. The molecular formula is C40H48O14. The third kappa shape index (κ3) is 6.38. The minimum atomic E-state index is -2.72. The van der Waals surface area contributed by atoms with E-state index in [0.717, 1.165) is 27.7 Å². The SMILES string of the molecule is C=C(C)[C@@]1(OC(=O)c2ccccc2)[C@H](OC(C)=O)[C@@H]2[C@H](OC(C)=O)[C@@](C)(O)[C@@H](OC(=O)c3ccccc3)[C@@]3(O)[C@@H](C[C@H](C)[C@@H]3OC(C)=O)[C@@]2(O)[C@H](C)[C@@H]1O. The molecule has 2 aromatic carbocycles. The number of esters is 5. The van der Waals surface area contributed by atoms with E-state index in [2.05, 4.69) is 6.58 Å². The van der Waals surface area contributed by atoms with E-state index in [-0.39, 0.29) is 23.1 Å². The molecule has 14 nitrogen and oxygen atoms in total. The molecule has 54 heavy (non-hydrogen) atoms. The van der Waals surface area contributed by atoms with Crippen molar-refractivity contribution in [1.82, 2.24) is 0 Å². The van der Waals surface area contributed by atoms with Crippen molar-refractivity contribution in [2.75, 3.05) is 0 Å². The van der Waals surface area contributed by atoms with Crippen molar-refractivity contribution in [3.8, 4) is 0 Å². The summed E-state index contributed by atoms with van der Waals surface area (Å²) < 4.78 is 29.6. The molecule has 0 aliphatic heterocycles. The Balaban J connectivity index is 1.86. The van der Waals surface area contributed by atoms with Crippen LogP contribution in [0.25, 0.3) is 0 Å². The summed E-state index contributed by atoms with van der Waals surface area (Å²) in [5.74, 6) is -10.6. The molecule has 2 aromatic rings. The van der Waals surface area contributed by atoms with Crippen LogP contribution in [0, 0.1) is 23.7 Å². The number of carbonyl (C=O) groups is 5. The monoisotopic (exact) mass is 752 g/mol. The molecular weight excluding hydrogens is 704 g/mol. The lowest BCUT2D eigenvalue weighted by Gasteiger charge is -2.61. The van der Waals surface area contributed by atoms with Gasteiger partial charge in [-0.1, -0.05) is 56.8 Å². The number of ether oxygens (including phenoxy) is 5. The van der Waals surface area contributed by atoms with E-state index in [4.69, 9.17) is 23.7 Å². The molecule has 0 aromatic heterocycles. The molecule has 3 saturated carbocycles. The number of hydrogen-bond acceptors (Lipinski definition) is 14. The summed E-state index contributed by atoms with van der Waals surface area (Å²) in [6.45, 7) is 12.6. The molecule has 0 radical (unpaired) electrons. The zero-order valence-electron chi connectivity index (χ0n) is 31.3. The average molecular weight is 753 g/mol. The van der Waals surface area contributed by atoms with Gasteiger partial charge in [0.25, 0.3) is 0 Å². The van der Waals surface area contributed by atoms with E-state index >= 15 is 0 Å². The Labute approximate surface area is 313 Å². The highest BCUT2D eigenvalue weighted by molar-refractivity contribution is 5.90. The Hall–Kier alpha value is -4.63. The number of fused-ring (bicyclic) bond motifs is 3. The number of benzene rings is 2. The number of carbonyl (C=O) groups excluding carboxylic acids is 5. The summed E-state index contributed by atoms with van der Waals surface area (Å²) in [6, 6.07) is 15.3. The van der Waals surface area contributed by atoms with Gasteiger partial charge in [-0.25, -0.2) is 9.59 Å². The number of rotatable bonds is 8. The van der Waals surface area contributed by atoms with Crippen LogP contribution in [0.4, 0.5) is 0 Å². The van der Waals surface area contributed by atoms with Crippen LogP contribution in [0.3, 0.4) is 0 Å². The van der Waals surface area contributed by atoms with Crippen LogP contribution in [0.15, 0.2) is 72.8 Å². The van der Waals surface area contributed by atoms with Crippen LogP contribution < -0.4 is 0 Å². The predicted molar refractivity (Wildman–Crippen MR) is 188 cm³/mol. The fraction of sp³-hybridized carbons (Fsp3) is 0.525. The third-order valence-corrected chi connectivity index (χ3v) is 11.5. The molecule has 0 saturated heterocycles. The van der Waals surface area contributed by atoms with E-state index < -0.39 is 106 Å². The Morgan fingerprint density at radius 1 is 0.685 bits per heavy atom. The second kappa shape index (κ2) is 14.5. The maximum Gasteiger partial charge on any atom is 0.339 e.